The highest BCUT2D eigenvalue weighted by Crippen LogP contribution is 2.68. The van der Waals surface area contributed by atoms with Gasteiger partial charge in [-0.25, -0.2) is 0 Å². The largest absolute Gasteiger partial charge is 0.462 e. The topological polar surface area (TPSA) is 43.4 Å². The van der Waals surface area contributed by atoms with Crippen LogP contribution in [0.4, 0.5) is 0 Å². The molecule has 0 radical (unpaired) electrons. The molecular weight excluding hydrogens is 372 g/mol. The van der Waals surface area contributed by atoms with E-state index in [1.807, 2.05) is 0 Å². The van der Waals surface area contributed by atoms with Crippen molar-refractivity contribution in [3.8, 4) is 0 Å². The van der Waals surface area contributed by atoms with E-state index in [2.05, 4.69) is 44.2 Å². The second-order valence-corrected chi connectivity index (χ2v) is 11.1. The Kier molecular flexibility index (Phi) is 4.87. The lowest BCUT2D eigenvalue weighted by molar-refractivity contribution is -0.163. The molecule has 8 atom stereocenters. The van der Waals surface area contributed by atoms with Gasteiger partial charge < -0.3 is 4.74 Å². The van der Waals surface area contributed by atoms with Crippen molar-refractivity contribution in [2.45, 2.75) is 84.2 Å². The van der Waals surface area contributed by atoms with E-state index >= 15 is 0 Å². The maximum Gasteiger partial charge on any atom is 0.302 e. The van der Waals surface area contributed by atoms with Gasteiger partial charge in [-0.1, -0.05) is 44.2 Å². The minimum absolute atomic E-state index is 0.0873. The van der Waals surface area contributed by atoms with Crippen molar-refractivity contribution in [2.24, 2.45) is 34.5 Å². The molecule has 3 heteroatoms. The lowest BCUT2D eigenvalue weighted by Gasteiger charge is -2.62. The van der Waals surface area contributed by atoms with Crippen molar-refractivity contribution in [2.75, 3.05) is 0 Å². The van der Waals surface area contributed by atoms with Crippen LogP contribution in [-0.4, -0.2) is 17.9 Å². The second kappa shape index (κ2) is 7.21. The second-order valence-electron chi connectivity index (χ2n) is 11.1. The molecule has 162 valence electrons. The van der Waals surface area contributed by atoms with E-state index in [0.29, 0.717) is 41.8 Å². The summed E-state index contributed by atoms with van der Waals surface area (Å²) in [5.74, 6) is 3.20. The highest BCUT2D eigenvalue weighted by Gasteiger charge is 2.63. The minimum atomic E-state index is -0.130. The molecule has 1 aromatic carbocycles. The number of fused-ring (bicyclic) bond motifs is 5. The van der Waals surface area contributed by atoms with Gasteiger partial charge in [-0.15, -0.1) is 0 Å². The SMILES string of the molecule is CC(=O)O[C@H]1CC[C@H]2[C@H]3CC[C@H]4CC(=O)C[C@H](c5ccccc5)[C@]4(C)[C@H]3CC[C@]12C. The van der Waals surface area contributed by atoms with Crippen LogP contribution in [0.5, 0.6) is 0 Å². The smallest absolute Gasteiger partial charge is 0.302 e. The third kappa shape index (κ3) is 2.91. The summed E-state index contributed by atoms with van der Waals surface area (Å²) in [4.78, 5) is 24.4. The Hall–Kier alpha value is -1.64. The average Bonchev–Trinajstić information content (AvgIpc) is 3.04. The molecule has 0 N–H and O–H groups in total. The Morgan fingerprint density at radius 2 is 1.73 bits per heavy atom. The summed E-state index contributed by atoms with van der Waals surface area (Å²) in [5, 5.41) is 0. The number of hydrogen-bond donors (Lipinski definition) is 0. The molecule has 0 amide bonds. The summed E-state index contributed by atoms with van der Waals surface area (Å²) >= 11 is 0. The van der Waals surface area contributed by atoms with E-state index in [1.165, 1.54) is 31.2 Å². The van der Waals surface area contributed by atoms with Crippen LogP contribution >= 0.6 is 0 Å². The fourth-order valence-electron chi connectivity index (χ4n) is 8.65. The van der Waals surface area contributed by atoms with Crippen LogP contribution in [-0.2, 0) is 14.3 Å². The van der Waals surface area contributed by atoms with Crippen LogP contribution in [0.25, 0.3) is 0 Å². The van der Waals surface area contributed by atoms with Gasteiger partial charge >= 0.3 is 5.97 Å². The monoisotopic (exact) mass is 408 g/mol. The molecule has 0 aromatic heterocycles. The number of ketones is 1. The number of carbonyl (C=O) groups excluding carboxylic acids is 2. The standard InChI is InChI=1S/C27H36O3/c1-17(28)30-25-12-11-22-21-10-9-19-15-20(29)16-24(18-7-5-4-6-8-18)27(19,3)23(21)13-14-26(22,25)2/h4-8,19,21-25H,9-16H2,1-3H3/t19-,21+,22-,23-,24+,25-,26-,27-/m0/s1. The lowest BCUT2D eigenvalue weighted by atomic mass is 9.42. The Morgan fingerprint density at radius 1 is 0.967 bits per heavy atom. The minimum Gasteiger partial charge on any atom is -0.462 e. The molecule has 0 spiro atoms. The van der Waals surface area contributed by atoms with Crippen LogP contribution in [0.1, 0.15) is 83.6 Å². The van der Waals surface area contributed by atoms with Gasteiger partial charge in [0, 0.05) is 25.2 Å². The maximum atomic E-state index is 12.7. The molecule has 4 fully saturated rings. The average molecular weight is 409 g/mol. The van der Waals surface area contributed by atoms with Crippen LogP contribution in [0, 0.1) is 34.5 Å². The van der Waals surface area contributed by atoms with E-state index < -0.39 is 0 Å². The molecule has 0 aliphatic heterocycles. The van der Waals surface area contributed by atoms with Gasteiger partial charge in [-0.2, -0.15) is 0 Å². The van der Waals surface area contributed by atoms with Crippen LogP contribution in [0.15, 0.2) is 30.3 Å². The number of Topliss-reactive ketones (excluding diaryl/α,β-unsaturated/α-hetero) is 1. The van der Waals surface area contributed by atoms with Crippen molar-refractivity contribution in [1.82, 2.24) is 0 Å². The first-order valence-electron chi connectivity index (χ1n) is 12.1. The van der Waals surface area contributed by atoms with Crippen LogP contribution in [0.2, 0.25) is 0 Å². The molecule has 0 heterocycles. The first-order chi connectivity index (χ1) is 14.3. The number of hydrogen-bond acceptors (Lipinski definition) is 3. The highest BCUT2D eigenvalue weighted by atomic mass is 16.5. The molecule has 5 rings (SSSR count). The summed E-state index contributed by atoms with van der Waals surface area (Å²) < 4.78 is 5.82. The maximum absolute atomic E-state index is 12.7. The molecule has 4 aliphatic carbocycles. The number of rotatable bonds is 2. The van der Waals surface area contributed by atoms with E-state index in [-0.39, 0.29) is 22.9 Å². The van der Waals surface area contributed by atoms with E-state index in [4.69, 9.17) is 4.74 Å². The van der Waals surface area contributed by atoms with Crippen molar-refractivity contribution in [3.63, 3.8) is 0 Å². The molecule has 0 bridgehead atoms. The zero-order valence-corrected chi connectivity index (χ0v) is 18.7. The summed E-state index contributed by atoms with van der Waals surface area (Å²) in [7, 11) is 0. The molecular formula is C27H36O3. The van der Waals surface area contributed by atoms with Crippen LogP contribution < -0.4 is 0 Å². The van der Waals surface area contributed by atoms with E-state index in [9.17, 15) is 9.59 Å². The molecule has 4 aliphatic rings. The van der Waals surface area contributed by atoms with Gasteiger partial charge in [0.15, 0.2) is 0 Å². The fraction of sp³-hybridized carbons (Fsp3) is 0.704. The summed E-state index contributed by atoms with van der Waals surface area (Å²) in [6.07, 6.45) is 8.55. The van der Waals surface area contributed by atoms with Gasteiger partial charge in [0.05, 0.1) is 0 Å². The molecule has 0 saturated heterocycles. The van der Waals surface area contributed by atoms with Crippen molar-refractivity contribution in [3.05, 3.63) is 35.9 Å². The van der Waals surface area contributed by atoms with E-state index in [0.717, 1.165) is 19.3 Å². The van der Waals surface area contributed by atoms with Crippen molar-refractivity contribution < 1.29 is 14.3 Å². The quantitative estimate of drug-likeness (QED) is 0.570. The van der Waals surface area contributed by atoms with Gasteiger partial charge in [0.25, 0.3) is 0 Å². The van der Waals surface area contributed by atoms with Crippen molar-refractivity contribution in [1.29, 1.82) is 0 Å². The zero-order valence-electron chi connectivity index (χ0n) is 18.7. The third-order valence-corrected chi connectivity index (χ3v) is 10.0. The first-order valence-corrected chi connectivity index (χ1v) is 12.1. The lowest BCUT2D eigenvalue weighted by Crippen LogP contribution is -2.56. The summed E-state index contributed by atoms with van der Waals surface area (Å²) in [6, 6.07) is 10.8. The fourth-order valence-corrected chi connectivity index (χ4v) is 8.65. The Balaban J connectivity index is 1.49. The first kappa shape index (κ1) is 20.3. The third-order valence-electron chi connectivity index (χ3n) is 10.0. The zero-order chi connectivity index (χ0) is 21.1. The summed E-state index contributed by atoms with van der Waals surface area (Å²) in [6.45, 7) is 6.47. The van der Waals surface area contributed by atoms with E-state index in [1.54, 1.807) is 6.92 Å². The Morgan fingerprint density at radius 3 is 2.47 bits per heavy atom. The van der Waals surface area contributed by atoms with Gasteiger partial charge in [0.2, 0.25) is 0 Å². The van der Waals surface area contributed by atoms with Crippen molar-refractivity contribution >= 4 is 11.8 Å². The molecule has 0 unspecified atom stereocenters. The Labute approximate surface area is 181 Å². The van der Waals surface area contributed by atoms with Gasteiger partial charge in [0.1, 0.15) is 11.9 Å². The number of benzene rings is 1. The molecule has 3 nitrogen and oxygen atoms in total. The number of esters is 1. The van der Waals surface area contributed by atoms with Crippen LogP contribution in [0.3, 0.4) is 0 Å². The molecule has 1 aromatic rings. The normalized spacial score (nSPS) is 45.2. The molecule has 4 saturated carbocycles. The predicted molar refractivity (Wildman–Crippen MR) is 117 cm³/mol. The predicted octanol–water partition coefficient (Wildman–Crippen LogP) is 5.92. The highest BCUT2D eigenvalue weighted by molar-refractivity contribution is 5.81. The van der Waals surface area contributed by atoms with Gasteiger partial charge in [-0.3, -0.25) is 9.59 Å². The van der Waals surface area contributed by atoms with Gasteiger partial charge in [-0.05, 0) is 79.1 Å². The Bertz CT molecular complexity index is 832. The molecule has 30 heavy (non-hydrogen) atoms. The number of ether oxygens (including phenoxy) is 1. The summed E-state index contributed by atoms with van der Waals surface area (Å²) in [5.41, 5.74) is 1.68. The number of carbonyl (C=O) groups is 2.